The molecule has 0 bridgehead atoms. The van der Waals surface area contributed by atoms with Crippen LogP contribution in [0.5, 0.6) is 0 Å². The fourth-order valence-electron chi connectivity index (χ4n) is 3.51. The summed E-state index contributed by atoms with van der Waals surface area (Å²) in [4.78, 5) is 14.0. The van der Waals surface area contributed by atoms with Gasteiger partial charge in [0.15, 0.2) is 0 Å². The van der Waals surface area contributed by atoms with E-state index in [1.807, 2.05) is 0 Å². The zero-order chi connectivity index (χ0) is 12.8. The van der Waals surface area contributed by atoms with Crippen LogP contribution < -0.4 is 0 Å². The molecule has 0 radical (unpaired) electrons. The monoisotopic (exact) mass is 253 g/mol. The van der Waals surface area contributed by atoms with Gasteiger partial charge in [0.1, 0.15) is 0 Å². The van der Waals surface area contributed by atoms with Gasteiger partial charge in [-0.3, -0.25) is 9.69 Å². The van der Waals surface area contributed by atoms with Crippen LogP contribution in [0.4, 0.5) is 0 Å². The Hall–Kier alpha value is -0.570. The molecular weight excluding hydrogens is 226 g/mol. The van der Waals surface area contributed by atoms with Crippen molar-refractivity contribution in [2.24, 2.45) is 5.92 Å². The maximum Gasteiger partial charge on any atom is 0.307 e. The number of likely N-dealkylation sites (tertiary alicyclic amines) is 1. The van der Waals surface area contributed by atoms with E-state index in [0.29, 0.717) is 12.5 Å². The summed E-state index contributed by atoms with van der Waals surface area (Å²) in [5, 5.41) is 0. The summed E-state index contributed by atoms with van der Waals surface area (Å²) in [7, 11) is 1.49. The van der Waals surface area contributed by atoms with Crippen molar-refractivity contribution in [2.45, 2.75) is 63.8 Å². The van der Waals surface area contributed by atoms with Gasteiger partial charge in [-0.1, -0.05) is 32.1 Å². The lowest BCUT2D eigenvalue weighted by Crippen LogP contribution is -2.41. The van der Waals surface area contributed by atoms with Gasteiger partial charge in [0.2, 0.25) is 0 Å². The predicted molar refractivity (Wildman–Crippen MR) is 72.4 cm³/mol. The Kier molecular flexibility index (Phi) is 5.48. The highest BCUT2D eigenvalue weighted by Gasteiger charge is 2.26. The van der Waals surface area contributed by atoms with Crippen molar-refractivity contribution in [1.29, 1.82) is 0 Å². The number of carbonyl (C=O) groups excluding carboxylic acids is 1. The van der Waals surface area contributed by atoms with E-state index in [2.05, 4.69) is 4.90 Å². The number of methoxy groups -OCH3 is 1. The maximum atomic E-state index is 11.4. The third kappa shape index (κ3) is 3.98. The molecule has 3 heteroatoms. The van der Waals surface area contributed by atoms with Crippen LogP contribution in [0.3, 0.4) is 0 Å². The zero-order valence-corrected chi connectivity index (χ0v) is 11.7. The Bertz CT molecular complexity index is 261. The fourth-order valence-corrected chi connectivity index (χ4v) is 3.51. The molecule has 0 aromatic rings. The summed E-state index contributed by atoms with van der Waals surface area (Å²) in [6.45, 7) is 2.36. The van der Waals surface area contributed by atoms with Gasteiger partial charge >= 0.3 is 5.97 Å². The van der Waals surface area contributed by atoms with Crippen LogP contribution in [-0.4, -0.2) is 37.1 Å². The molecular formula is C15H27NO2. The van der Waals surface area contributed by atoms with Gasteiger partial charge in [-0.25, -0.2) is 0 Å². The van der Waals surface area contributed by atoms with Crippen molar-refractivity contribution >= 4 is 5.97 Å². The molecule has 2 fully saturated rings. The molecule has 1 saturated carbocycles. The van der Waals surface area contributed by atoms with Crippen LogP contribution in [0.1, 0.15) is 57.8 Å². The van der Waals surface area contributed by atoms with Crippen molar-refractivity contribution in [1.82, 2.24) is 4.90 Å². The fraction of sp³-hybridized carbons (Fsp3) is 0.933. The van der Waals surface area contributed by atoms with Gasteiger partial charge in [0.25, 0.3) is 0 Å². The minimum Gasteiger partial charge on any atom is -0.469 e. The Morgan fingerprint density at radius 1 is 1.17 bits per heavy atom. The average Bonchev–Trinajstić information content (AvgIpc) is 2.91. The van der Waals surface area contributed by atoms with Crippen LogP contribution >= 0.6 is 0 Å². The van der Waals surface area contributed by atoms with E-state index in [-0.39, 0.29) is 5.97 Å². The molecule has 104 valence electrons. The lowest BCUT2D eigenvalue weighted by atomic mass is 9.97. The number of hydrogen-bond acceptors (Lipinski definition) is 3. The van der Waals surface area contributed by atoms with Crippen LogP contribution in [-0.2, 0) is 9.53 Å². The number of carbonyl (C=O) groups is 1. The Labute approximate surface area is 111 Å². The summed E-state index contributed by atoms with van der Waals surface area (Å²) < 4.78 is 4.81. The molecule has 2 rings (SSSR count). The van der Waals surface area contributed by atoms with Gasteiger partial charge in [-0.05, 0) is 38.3 Å². The van der Waals surface area contributed by atoms with Crippen LogP contribution in [0, 0.1) is 5.92 Å². The molecule has 1 atom stereocenters. The van der Waals surface area contributed by atoms with Crippen molar-refractivity contribution in [3.05, 3.63) is 0 Å². The second-order valence-electron chi connectivity index (χ2n) is 5.90. The SMILES string of the molecule is COC(=O)CC1CCCCN1CCC1CCCC1. The van der Waals surface area contributed by atoms with Crippen molar-refractivity contribution in [3.8, 4) is 0 Å². The van der Waals surface area contributed by atoms with Crippen molar-refractivity contribution in [2.75, 3.05) is 20.2 Å². The largest absolute Gasteiger partial charge is 0.469 e. The minimum absolute atomic E-state index is 0.0484. The highest BCUT2D eigenvalue weighted by Crippen LogP contribution is 2.29. The second-order valence-corrected chi connectivity index (χ2v) is 5.90. The first kappa shape index (κ1) is 13.9. The van der Waals surface area contributed by atoms with Crippen molar-refractivity contribution in [3.63, 3.8) is 0 Å². The lowest BCUT2D eigenvalue weighted by Gasteiger charge is -2.35. The van der Waals surface area contributed by atoms with Gasteiger partial charge < -0.3 is 4.74 Å². The summed E-state index contributed by atoms with van der Waals surface area (Å²) in [6, 6.07) is 0.438. The summed E-state index contributed by atoms with van der Waals surface area (Å²) in [5.74, 6) is 0.901. The normalized spacial score (nSPS) is 26.4. The molecule has 2 aliphatic rings. The topological polar surface area (TPSA) is 29.5 Å². The Balaban J connectivity index is 1.77. The molecule has 1 saturated heterocycles. The maximum absolute atomic E-state index is 11.4. The van der Waals surface area contributed by atoms with E-state index in [4.69, 9.17) is 4.74 Å². The van der Waals surface area contributed by atoms with Crippen LogP contribution in [0.15, 0.2) is 0 Å². The molecule has 0 amide bonds. The first-order valence-electron chi connectivity index (χ1n) is 7.60. The van der Waals surface area contributed by atoms with Gasteiger partial charge in [-0.2, -0.15) is 0 Å². The molecule has 1 aliphatic carbocycles. The van der Waals surface area contributed by atoms with E-state index < -0.39 is 0 Å². The molecule has 0 spiro atoms. The molecule has 3 nitrogen and oxygen atoms in total. The van der Waals surface area contributed by atoms with E-state index in [9.17, 15) is 4.79 Å². The lowest BCUT2D eigenvalue weighted by molar-refractivity contribution is -0.142. The number of nitrogens with zero attached hydrogens (tertiary/aromatic N) is 1. The molecule has 18 heavy (non-hydrogen) atoms. The number of hydrogen-bond donors (Lipinski definition) is 0. The van der Waals surface area contributed by atoms with Gasteiger partial charge in [0.05, 0.1) is 13.5 Å². The number of ether oxygens (including phenoxy) is 1. The second kappa shape index (κ2) is 7.13. The molecule has 0 N–H and O–H groups in total. The zero-order valence-electron chi connectivity index (χ0n) is 11.7. The highest BCUT2D eigenvalue weighted by molar-refractivity contribution is 5.69. The minimum atomic E-state index is -0.0484. The number of esters is 1. The summed E-state index contributed by atoms with van der Waals surface area (Å²) >= 11 is 0. The van der Waals surface area contributed by atoms with Crippen LogP contribution in [0.2, 0.25) is 0 Å². The molecule has 0 aromatic heterocycles. The van der Waals surface area contributed by atoms with E-state index >= 15 is 0 Å². The molecule has 1 aliphatic heterocycles. The Morgan fingerprint density at radius 3 is 2.61 bits per heavy atom. The average molecular weight is 253 g/mol. The van der Waals surface area contributed by atoms with E-state index in [1.54, 1.807) is 0 Å². The van der Waals surface area contributed by atoms with Gasteiger partial charge in [0, 0.05) is 6.04 Å². The Morgan fingerprint density at radius 2 is 1.89 bits per heavy atom. The predicted octanol–water partition coefficient (Wildman–Crippen LogP) is 2.98. The third-order valence-electron chi connectivity index (χ3n) is 4.68. The first-order valence-corrected chi connectivity index (χ1v) is 7.60. The highest BCUT2D eigenvalue weighted by atomic mass is 16.5. The van der Waals surface area contributed by atoms with E-state index in [0.717, 1.165) is 5.92 Å². The first-order chi connectivity index (χ1) is 8.79. The molecule has 0 aromatic carbocycles. The van der Waals surface area contributed by atoms with E-state index in [1.165, 1.54) is 71.6 Å². The third-order valence-corrected chi connectivity index (χ3v) is 4.68. The summed E-state index contributed by atoms with van der Waals surface area (Å²) in [5.41, 5.74) is 0. The molecule has 1 unspecified atom stereocenters. The van der Waals surface area contributed by atoms with Gasteiger partial charge in [-0.15, -0.1) is 0 Å². The summed E-state index contributed by atoms with van der Waals surface area (Å²) in [6.07, 6.45) is 11.3. The number of rotatable bonds is 5. The molecule has 1 heterocycles. The standard InChI is InChI=1S/C15H27NO2/c1-18-15(17)12-14-8-4-5-10-16(14)11-9-13-6-2-3-7-13/h13-14H,2-12H2,1H3. The quantitative estimate of drug-likeness (QED) is 0.705. The smallest absolute Gasteiger partial charge is 0.307 e. The van der Waals surface area contributed by atoms with Crippen molar-refractivity contribution < 1.29 is 9.53 Å². The van der Waals surface area contributed by atoms with Crippen LogP contribution in [0.25, 0.3) is 0 Å². The number of piperidine rings is 1.